The van der Waals surface area contributed by atoms with Crippen molar-refractivity contribution < 1.29 is 9.21 Å². The Labute approximate surface area is 148 Å². The number of aromatic nitrogens is 1. The summed E-state index contributed by atoms with van der Waals surface area (Å²) in [5, 5.41) is 1.99. The summed E-state index contributed by atoms with van der Waals surface area (Å²) in [6.45, 7) is 10.4. The van der Waals surface area contributed by atoms with Crippen LogP contribution in [0.3, 0.4) is 0 Å². The third kappa shape index (κ3) is 5.78. The molecule has 0 saturated carbocycles. The Kier molecular flexibility index (Phi) is 7.03. The summed E-state index contributed by atoms with van der Waals surface area (Å²) < 4.78 is 5.51. The molecule has 0 fully saturated rings. The molecule has 0 bridgehead atoms. The fourth-order valence-electron chi connectivity index (χ4n) is 2.36. The maximum absolute atomic E-state index is 12.7. The molecule has 2 heterocycles. The van der Waals surface area contributed by atoms with E-state index in [0.717, 1.165) is 30.8 Å². The highest BCUT2D eigenvalue weighted by Crippen LogP contribution is 2.24. The Morgan fingerprint density at radius 2 is 1.88 bits per heavy atom. The molecule has 2 aromatic heterocycles. The second-order valence-electron chi connectivity index (χ2n) is 7.04. The predicted molar refractivity (Wildman–Crippen MR) is 99.0 cm³/mol. The summed E-state index contributed by atoms with van der Waals surface area (Å²) in [6, 6.07) is 3.94. The normalized spacial score (nSPS) is 11.4. The minimum absolute atomic E-state index is 0.141. The van der Waals surface area contributed by atoms with Crippen LogP contribution in [0.4, 0.5) is 0 Å². The Hall–Kier alpha value is -1.62. The smallest absolute Gasteiger partial charge is 0.236 e. The first-order valence-electron chi connectivity index (χ1n) is 8.71. The molecule has 0 atom stereocenters. The van der Waals surface area contributed by atoms with Gasteiger partial charge in [-0.15, -0.1) is 11.3 Å². The van der Waals surface area contributed by atoms with E-state index in [1.807, 2.05) is 22.4 Å². The molecule has 0 saturated heterocycles. The lowest BCUT2D eigenvalue weighted by molar-refractivity contribution is -0.130. The molecule has 0 N–H and O–H groups in total. The van der Waals surface area contributed by atoms with Crippen molar-refractivity contribution >= 4 is 17.2 Å². The Morgan fingerprint density at radius 1 is 1.21 bits per heavy atom. The van der Waals surface area contributed by atoms with Crippen LogP contribution in [0, 0.1) is 11.8 Å². The summed E-state index contributed by atoms with van der Waals surface area (Å²) in [7, 11) is 0. The van der Waals surface area contributed by atoms with Crippen molar-refractivity contribution in [2.45, 2.75) is 47.0 Å². The zero-order valence-electron chi connectivity index (χ0n) is 15.1. The molecule has 0 spiro atoms. The van der Waals surface area contributed by atoms with Gasteiger partial charge in [-0.25, -0.2) is 4.98 Å². The van der Waals surface area contributed by atoms with E-state index >= 15 is 0 Å². The van der Waals surface area contributed by atoms with Crippen molar-refractivity contribution in [3.8, 4) is 10.8 Å². The molecule has 4 nitrogen and oxygen atoms in total. The average Bonchev–Trinajstić information content (AvgIpc) is 3.17. The first-order chi connectivity index (χ1) is 11.5. The molecular weight excluding hydrogens is 320 g/mol. The lowest BCUT2D eigenvalue weighted by Gasteiger charge is -2.24. The lowest BCUT2D eigenvalue weighted by Crippen LogP contribution is -2.35. The summed E-state index contributed by atoms with van der Waals surface area (Å²) in [5.41, 5.74) is 0.711. The maximum atomic E-state index is 12.7. The van der Waals surface area contributed by atoms with Gasteiger partial charge in [0.05, 0.1) is 17.0 Å². The van der Waals surface area contributed by atoms with Crippen molar-refractivity contribution in [2.75, 3.05) is 13.1 Å². The molecule has 0 unspecified atom stereocenters. The van der Waals surface area contributed by atoms with Crippen LogP contribution in [0.25, 0.3) is 10.8 Å². The minimum atomic E-state index is 0.141. The second kappa shape index (κ2) is 9.02. The van der Waals surface area contributed by atoms with E-state index in [0.29, 0.717) is 29.8 Å². The third-order valence-corrected chi connectivity index (χ3v) is 4.78. The molecule has 0 aliphatic rings. The molecule has 24 heavy (non-hydrogen) atoms. The van der Waals surface area contributed by atoms with Gasteiger partial charge in [-0.1, -0.05) is 33.8 Å². The standard InChI is InChI=1S/C19H28N2O2S/c1-14(2)7-9-21(10-8-15(3)4)18(22)12-16-13-23-19(20-16)17-6-5-11-24-17/h5-6,11,13-15H,7-10,12H2,1-4H3. The van der Waals surface area contributed by atoms with Crippen LogP contribution in [-0.2, 0) is 11.2 Å². The van der Waals surface area contributed by atoms with Crippen LogP contribution in [0.15, 0.2) is 28.2 Å². The third-order valence-electron chi connectivity index (χ3n) is 3.92. The van der Waals surface area contributed by atoms with Gasteiger partial charge in [-0.05, 0) is 36.1 Å². The number of hydrogen-bond donors (Lipinski definition) is 0. The number of thiophene rings is 1. The van der Waals surface area contributed by atoms with Crippen LogP contribution in [0.5, 0.6) is 0 Å². The van der Waals surface area contributed by atoms with Crippen molar-refractivity contribution in [1.82, 2.24) is 9.88 Å². The highest BCUT2D eigenvalue weighted by molar-refractivity contribution is 7.13. The number of oxazole rings is 1. The molecular formula is C19H28N2O2S. The predicted octanol–water partition coefficient (Wildman–Crippen LogP) is 4.87. The second-order valence-corrected chi connectivity index (χ2v) is 7.99. The van der Waals surface area contributed by atoms with Gasteiger partial charge < -0.3 is 9.32 Å². The van der Waals surface area contributed by atoms with Gasteiger partial charge in [0.1, 0.15) is 6.26 Å². The van der Waals surface area contributed by atoms with E-state index in [-0.39, 0.29) is 5.91 Å². The monoisotopic (exact) mass is 348 g/mol. The largest absolute Gasteiger partial charge is 0.444 e. The number of rotatable bonds is 9. The molecule has 1 amide bonds. The fourth-order valence-corrected chi connectivity index (χ4v) is 3.01. The van der Waals surface area contributed by atoms with Crippen LogP contribution in [0.2, 0.25) is 0 Å². The molecule has 0 radical (unpaired) electrons. The van der Waals surface area contributed by atoms with Gasteiger partial charge >= 0.3 is 0 Å². The van der Waals surface area contributed by atoms with Gasteiger partial charge in [0.2, 0.25) is 11.8 Å². The Bertz CT molecular complexity index is 605. The molecule has 5 heteroatoms. The summed E-state index contributed by atoms with van der Waals surface area (Å²) in [4.78, 5) is 20.1. The number of carbonyl (C=O) groups is 1. The minimum Gasteiger partial charge on any atom is -0.444 e. The Balaban J connectivity index is 1.97. The number of carbonyl (C=O) groups excluding carboxylic acids is 1. The lowest BCUT2D eigenvalue weighted by atomic mass is 10.1. The van der Waals surface area contributed by atoms with Crippen molar-refractivity contribution in [3.63, 3.8) is 0 Å². The van der Waals surface area contributed by atoms with Crippen molar-refractivity contribution in [2.24, 2.45) is 11.8 Å². The summed E-state index contributed by atoms with van der Waals surface area (Å²) in [6.07, 6.45) is 3.98. The highest BCUT2D eigenvalue weighted by atomic mass is 32.1. The van der Waals surface area contributed by atoms with Gasteiger partial charge in [-0.2, -0.15) is 0 Å². The quantitative estimate of drug-likeness (QED) is 0.650. The van der Waals surface area contributed by atoms with Crippen molar-refractivity contribution in [1.29, 1.82) is 0 Å². The van der Waals surface area contributed by atoms with Crippen LogP contribution in [0.1, 0.15) is 46.2 Å². The number of nitrogens with zero attached hydrogens (tertiary/aromatic N) is 2. The van der Waals surface area contributed by atoms with E-state index in [1.54, 1.807) is 17.6 Å². The topological polar surface area (TPSA) is 46.3 Å². The van der Waals surface area contributed by atoms with Crippen LogP contribution < -0.4 is 0 Å². The molecule has 2 aromatic rings. The van der Waals surface area contributed by atoms with Gasteiger partial charge in [0.15, 0.2) is 0 Å². The molecule has 0 aromatic carbocycles. The maximum Gasteiger partial charge on any atom is 0.236 e. The van der Waals surface area contributed by atoms with E-state index < -0.39 is 0 Å². The molecule has 0 aliphatic carbocycles. The van der Waals surface area contributed by atoms with Gasteiger partial charge in [-0.3, -0.25) is 4.79 Å². The number of hydrogen-bond acceptors (Lipinski definition) is 4. The van der Waals surface area contributed by atoms with Gasteiger partial charge in [0, 0.05) is 13.1 Å². The summed E-state index contributed by atoms with van der Waals surface area (Å²) >= 11 is 1.59. The zero-order valence-corrected chi connectivity index (χ0v) is 15.9. The Morgan fingerprint density at radius 3 is 2.42 bits per heavy atom. The molecule has 0 aliphatic heterocycles. The van der Waals surface area contributed by atoms with E-state index in [4.69, 9.17) is 4.42 Å². The first-order valence-corrected chi connectivity index (χ1v) is 9.59. The fraction of sp³-hybridized carbons (Fsp3) is 0.579. The summed E-state index contributed by atoms with van der Waals surface area (Å²) in [5.74, 6) is 1.93. The van der Waals surface area contributed by atoms with E-state index in [2.05, 4.69) is 32.7 Å². The van der Waals surface area contributed by atoms with Crippen molar-refractivity contribution in [3.05, 3.63) is 29.5 Å². The zero-order chi connectivity index (χ0) is 17.5. The number of amides is 1. The SMILES string of the molecule is CC(C)CCN(CCC(C)C)C(=O)Cc1coc(-c2cccs2)n1. The highest BCUT2D eigenvalue weighted by Gasteiger charge is 2.17. The molecule has 2 rings (SSSR count). The average molecular weight is 349 g/mol. The van der Waals surface area contributed by atoms with Crippen LogP contribution in [-0.4, -0.2) is 28.9 Å². The van der Waals surface area contributed by atoms with E-state index in [1.165, 1.54) is 0 Å². The first kappa shape index (κ1) is 18.7. The van der Waals surface area contributed by atoms with Crippen LogP contribution >= 0.6 is 11.3 Å². The molecule has 132 valence electrons. The van der Waals surface area contributed by atoms with E-state index in [9.17, 15) is 4.79 Å². The van der Waals surface area contributed by atoms with Gasteiger partial charge in [0.25, 0.3) is 0 Å².